The van der Waals surface area contributed by atoms with E-state index in [-0.39, 0.29) is 10.5 Å². The van der Waals surface area contributed by atoms with Crippen LogP contribution in [0.25, 0.3) is 0 Å². The van der Waals surface area contributed by atoms with E-state index in [0.717, 1.165) is 6.42 Å². The molecule has 0 radical (unpaired) electrons. The first-order valence-electron chi connectivity index (χ1n) is 8.08. The van der Waals surface area contributed by atoms with Crippen LogP contribution in [0.5, 0.6) is 0 Å². The van der Waals surface area contributed by atoms with E-state index in [1.54, 1.807) is 0 Å². The third-order valence-electron chi connectivity index (χ3n) is 5.23. The van der Waals surface area contributed by atoms with Crippen LogP contribution < -0.4 is 0 Å². The van der Waals surface area contributed by atoms with Crippen molar-refractivity contribution in [3.8, 4) is 0 Å². The molecule has 0 spiro atoms. The molecule has 122 valence electrons. The van der Waals surface area contributed by atoms with E-state index in [1.807, 2.05) is 0 Å². The van der Waals surface area contributed by atoms with Gasteiger partial charge in [0.25, 0.3) is 0 Å². The summed E-state index contributed by atoms with van der Waals surface area (Å²) in [6.45, 7) is 16.2. The Morgan fingerprint density at radius 2 is 1.68 bits per heavy atom. The normalized spacial score (nSPS) is 22.1. The standard InChI is InChI=1S/C19H29BrOSi/c1-18(2,3)22(6,7)21-15-13-19(4,5)16(17(15)20)14-11-9-8-10-12-14/h8-12,16H,13H2,1-7H3. The van der Waals surface area contributed by atoms with Crippen LogP contribution in [0.3, 0.4) is 0 Å². The minimum Gasteiger partial charge on any atom is -0.546 e. The van der Waals surface area contributed by atoms with Gasteiger partial charge in [0.15, 0.2) is 0 Å². The fraction of sp³-hybridized carbons (Fsp3) is 0.579. The van der Waals surface area contributed by atoms with E-state index in [2.05, 4.69) is 94.0 Å². The smallest absolute Gasteiger partial charge is 0.250 e. The second kappa shape index (κ2) is 5.83. The second-order valence-electron chi connectivity index (χ2n) is 8.64. The van der Waals surface area contributed by atoms with E-state index in [4.69, 9.17) is 4.43 Å². The molecule has 0 aliphatic heterocycles. The molecule has 1 aromatic carbocycles. The molecule has 22 heavy (non-hydrogen) atoms. The maximum absolute atomic E-state index is 6.63. The van der Waals surface area contributed by atoms with Crippen molar-refractivity contribution < 1.29 is 4.43 Å². The fourth-order valence-corrected chi connectivity index (χ4v) is 5.25. The van der Waals surface area contributed by atoms with Gasteiger partial charge in [-0.2, -0.15) is 0 Å². The predicted molar refractivity (Wildman–Crippen MR) is 102 cm³/mol. The molecule has 1 nitrogen and oxygen atoms in total. The van der Waals surface area contributed by atoms with Gasteiger partial charge in [-0.1, -0.05) is 80.9 Å². The molecular weight excluding hydrogens is 352 g/mol. The van der Waals surface area contributed by atoms with E-state index < -0.39 is 8.32 Å². The summed E-state index contributed by atoms with van der Waals surface area (Å²) in [7, 11) is -1.79. The van der Waals surface area contributed by atoms with Crippen molar-refractivity contribution in [3.05, 3.63) is 46.1 Å². The number of hydrogen-bond acceptors (Lipinski definition) is 1. The van der Waals surface area contributed by atoms with Gasteiger partial charge in [0, 0.05) is 16.8 Å². The molecule has 0 N–H and O–H groups in total. The topological polar surface area (TPSA) is 9.23 Å². The van der Waals surface area contributed by atoms with Crippen molar-refractivity contribution in [2.75, 3.05) is 0 Å². The Morgan fingerprint density at radius 3 is 2.18 bits per heavy atom. The lowest BCUT2D eigenvalue weighted by Crippen LogP contribution is -2.40. The monoisotopic (exact) mass is 380 g/mol. The SMILES string of the molecule is CC1(C)CC(O[Si](C)(C)C(C)(C)C)=C(Br)C1c1ccccc1. The van der Waals surface area contributed by atoms with Crippen LogP contribution in [0.2, 0.25) is 18.1 Å². The van der Waals surface area contributed by atoms with Crippen molar-refractivity contribution in [1.29, 1.82) is 0 Å². The van der Waals surface area contributed by atoms with Gasteiger partial charge in [-0.05, 0) is 29.1 Å². The Hall–Kier alpha value is -0.543. The maximum atomic E-state index is 6.63. The summed E-state index contributed by atoms with van der Waals surface area (Å²) in [6.07, 6.45) is 1.000. The molecule has 2 rings (SSSR count). The summed E-state index contributed by atoms with van der Waals surface area (Å²) in [5.74, 6) is 1.55. The zero-order valence-corrected chi connectivity index (χ0v) is 17.5. The van der Waals surface area contributed by atoms with Crippen molar-refractivity contribution in [2.45, 2.75) is 65.1 Å². The van der Waals surface area contributed by atoms with Crippen LogP contribution in [-0.4, -0.2) is 8.32 Å². The highest BCUT2D eigenvalue weighted by molar-refractivity contribution is 9.11. The van der Waals surface area contributed by atoms with Gasteiger partial charge in [-0.25, -0.2) is 0 Å². The zero-order valence-electron chi connectivity index (χ0n) is 15.0. The summed E-state index contributed by atoms with van der Waals surface area (Å²) in [6, 6.07) is 10.8. The minimum atomic E-state index is -1.79. The Bertz CT molecular complexity index is 567. The average molecular weight is 381 g/mol. The molecule has 0 heterocycles. The lowest BCUT2D eigenvalue weighted by atomic mass is 9.77. The second-order valence-corrected chi connectivity index (χ2v) is 14.2. The van der Waals surface area contributed by atoms with Gasteiger partial charge >= 0.3 is 0 Å². The maximum Gasteiger partial charge on any atom is 0.250 e. The molecule has 0 saturated carbocycles. The van der Waals surface area contributed by atoms with E-state index in [9.17, 15) is 0 Å². The lowest BCUT2D eigenvalue weighted by Gasteiger charge is -2.37. The molecule has 1 aliphatic carbocycles. The van der Waals surface area contributed by atoms with Crippen LogP contribution in [0.1, 0.15) is 52.5 Å². The van der Waals surface area contributed by atoms with Crippen molar-refractivity contribution in [3.63, 3.8) is 0 Å². The highest BCUT2D eigenvalue weighted by Crippen LogP contribution is 2.55. The van der Waals surface area contributed by atoms with Crippen molar-refractivity contribution in [2.24, 2.45) is 5.41 Å². The van der Waals surface area contributed by atoms with Crippen LogP contribution >= 0.6 is 15.9 Å². The Balaban J connectivity index is 2.36. The molecular formula is C19H29BrOSi. The van der Waals surface area contributed by atoms with Gasteiger partial charge in [-0.3, -0.25) is 0 Å². The molecule has 1 unspecified atom stereocenters. The Morgan fingerprint density at radius 1 is 1.14 bits per heavy atom. The Kier molecular flexibility index (Phi) is 4.72. The molecule has 0 bridgehead atoms. The molecule has 0 aromatic heterocycles. The van der Waals surface area contributed by atoms with Crippen LogP contribution in [0.15, 0.2) is 40.6 Å². The van der Waals surface area contributed by atoms with Gasteiger partial charge < -0.3 is 4.43 Å². The number of hydrogen-bond donors (Lipinski definition) is 0. The first-order chi connectivity index (χ1) is 9.96. The molecule has 0 fully saturated rings. The first kappa shape index (κ1) is 17.8. The summed E-state index contributed by atoms with van der Waals surface area (Å²) in [4.78, 5) is 0. The largest absolute Gasteiger partial charge is 0.546 e. The van der Waals surface area contributed by atoms with E-state index >= 15 is 0 Å². The summed E-state index contributed by atoms with van der Waals surface area (Å²) < 4.78 is 7.88. The van der Waals surface area contributed by atoms with Crippen LogP contribution in [0.4, 0.5) is 0 Å². The fourth-order valence-electron chi connectivity index (χ4n) is 2.89. The van der Waals surface area contributed by atoms with E-state index in [1.165, 1.54) is 15.8 Å². The highest BCUT2D eigenvalue weighted by atomic mass is 79.9. The number of rotatable bonds is 3. The summed E-state index contributed by atoms with van der Waals surface area (Å²) >= 11 is 3.88. The third-order valence-corrected chi connectivity index (χ3v) is 10.5. The van der Waals surface area contributed by atoms with Gasteiger partial charge in [0.1, 0.15) is 0 Å². The van der Waals surface area contributed by atoms with Gasteiger partial charge in [-0.15, -0.1) is 0 Å². The first-order valence-corrected chi connectivity index (χ1v) is 11.8. The minimum absolute atomic E-state index is 0.178. The molecule has 1 aliphatic rings. The number of allylic oxidation sites excluding steroid dienone is 2. The molecule has 0 amide bonds. The zero-order chi connectivity index (χ0) is 16.8. The third kappa shape index (κ3) is 3.35. The summed E-state index contributed by atoms with van der Waals surface area (Å²) in [5, 5.41) is 0.224. The number of benzene rings is 1. The molecule has 1 aromatic rings. The molecule has 1 atom stereocenters. The van der Waals surface area contributed by atoms with Crippen molar-refractivity contribution in [1.82, 2.24) is 0 Å². The van der Waals surface area contributed by atoms with Gasteiger partial charge in [0.2, 0.25) is 8.32 Å². The predicted octanol–water partition coefficient (Wildman–Crippen LogP) is 6.83. The van der Waals surface area contributed by atoms with Crippen LogP contribution in [0, 0.1) is 5.41 Å². The molecule has 3 heteroatoms. The lowest BCUT2D eigenvalue weighted by molar-refractivity contribution is 0.297. The van der Waals surface area contributed by atoms with E-state index in [0.29, 0.717) is 5.92 Å². The quantitative estimate of drug-likeness (QED) is 0.522. The molecule has 0 saturated heterocycles. The highest BCUT2D eigenvalue weighted by Gasteiger charge is 2.46. The van der Waals surface area contributed by atoms with Gasteiger partial charge in [0.05, 0.1) is 5.76 Å². The Labute approximate surface area is 145 Å². The average Bonchev–Trinajstić information content (AvgIpc) is 2.58. The van der Waals surface area contributed by atoms with Crippen molar-refractivity contribution >= 4 is 24.2 Å². The number of halogens is 1. The summed E-state index contributed by atoms with van der Waals surface area (Å²) in [5.41, 5.74) is 1.55. The van der Waals surface area contributed by atoms with Crippen LogP contribution in [-0.2, 0) is 4.43 Å².